The van der Waals surface area contributed by atoms with Gasteiger partial charge in [-0.2, -0.15) is 0 Å². The van der Waals surface area contributed by atoms with E-state index in [-0.39, 0.29) is 17.4 Å². The van der Waals surface area contributed by atoms with E-state index in [1.807, 2.05) is 4.57 Å². The van der Waals surface area contributed by atoms with Gasteiger partial charge in [-0.1, -0.05) is 49.3 Å². The number of ether oxygens (including phenoxy) is 1. The van der Waals surface area contributed by atoms with E-state index < -0.39 is 11.9 Å². The normalized spacial score (nSPS) is 12.1. The minimum absolute atomic E-state index is 0.158. The Morgan fingerprint density at radius 2 is 1.87 bits per heavy atom. The zero-order chi connectivity index (χ0) is 22.4. The number of benzene rings is 2. The second-order valence-electron chi connectivity index (χ2n) is 7.38. The molecule has 1 N–H and O–H groups in total. The van der Waals surface area contributed by atoms with Crippen LogP contribution in [0.2, 0.25) is 5.02 Å². The summed E-state index contributed by atoms with van der Waals surface area (Å²) in [6.45, 7) is 6.60. The fraction of sp³-hybridized carbons (Fsp3) is 0.318. The molecule has 1 aromatic heterocycles. The smallest absolute Gasteiger partial charge is 0.234 e. The van der Waals surface area contributed by atoms with Crippen molar-refractivity contribution in [3.05, 3.63) is 65.2 Å². The van der Waals surface area contributed by atoms with Crippen LogP contribution < -0.4 is 10.1 Å². The number of halogens is 2. The van der Waals surface area contributed by atoms with Crippen LogP contribution in [0, 0.1) is 11.7 Å². The average Bonchev–Trinajstić information content (AvgIpc) is 3.12. The molecule has 0 spiro atoms. The topological polar surface area (TPSA) is 69.0 Å². The van der Waals surface area contributed by atoms with Gasteiger partial charge in [0.2, 0.25) is 5.91 Å². The van der Waals surface area contributed by atoms with Crippen molar-refractivity contribution >= 4 is 35.0 Å². The van der Waals surface area contributed by atoms with E-state index in [0.29, 0.717) is 34.2 Å². The van der Waals surface area contributed by atoms with Gasteiger partial charge >= 0.3 is 0 Å². The lowest BCUT2D eigenvalue weighted by Crippen LogP contribution is -2.17. The van der Waals surface area contributed by atoms with Crippen LogP contribution in [0.3, 0.4) is 0 Å². The van der Waals surface area contributed by atoms with E-state index in [4.69, 9.17) is 16.3 Å². The molecule has 1 heterocycles. The predicted octanol–water partition coefficient (Wildman–Crippen LogP) is 5.60. The van der Waals surface area contributed by atoms with Gasteiger partial charge in [-0.15, -0.1) is 10.2 Å². The van der Waals surface area contributed by atoms with Gasteiger partial charge in [0, 0.05) is 17.3 Å². The first kappa shape index (κ1) is 23.1. The molecular formula is C22H24ClFN4O2S. The minimum Gasteiger partial charge on any atom is -0.480 e. The summed E-state index contributed by atoms with van der Waals surface area (Å²) in [7, 11) is 0. The molecule has 0 aliphatic rings. The third-order valence-corrected chi connectivity index (χ3v) is 5.48. The quantitative estimate of drug-likeness (QED) is 0.419. The van der Waals surface area contributed by atoms with Crippen molar-refractivity contribution in [1.82, 2.24) is 14.8 Å². The molecule has 2 aromatic carbocycles. The number of hydrogen-bond donors (Lipinski definition) is 1. The van der Waals surface area contributed by atoms with E-state index in [2.05, 4.69) is 29.4 Å². The zero-order valence-electron chi connectivity index (χ0n) is 17.5. The van der Waals surface area contributed by atoms with Crippen LogP contribution in [-0.2, 0) is 11.3 Å². The highest BCUT2D eigenvalue weighted by Crippen LogP contribution is 2.27. The summed E-state index contributed by atoms with van der Waals surface area (Å²) in [6, 6.07) is 13.2. The molecule has 164 valence electrons. The van der Waals surface area contributed by atoms with Gasteiger partial charge in [0.25, 0.3) is 0 Å². The van der Waals surface area contributed by atoms with Gasteiger partial charge in [0.05, 0.1) is 5.75 Å². The molecule has 3 aromatic rings. The molecule has 0 fully saturated rings. The molecule has 0 bridgehead atoms. The van der Waals surface area contributed by atoms with Crippen molar-refractivity contribution in [1.29, 1.82) is 0 Å². The van der Waals surface area contributed by atoms with Crippen molar-refractivity contribution in [2.75, 3.05) is 11.1 Å². The Bertz CT molecular complexity index is 1030. The van der Waals surface area contributed by atoms with Gasteiger partial charge in [-0.3, -0.25) is 4.79 Å². The van der Waals surface area contributed by atoms with Gasteiger partial charge in [0.15, 0.2) is 28.7 Å². The van der Waals surface area contributed by atoms with Crippen molar-refractivity contribution in [2.24, 2.45) is 5.92 Å². The van der Waals surface area contributed by atoms with Gasteiger partial charge < -0.3 is 14.6 Å². The van der Waals surface area contributed by atoms with Crippen molar-refractivity contribution in [2.45, 2.75) is 38.6 Å². The largest absolute Gasteiger partial charge is 0.480 e. The first-order chi connectivity index (χ1) is 14.8. The second-order valence-corrected chi connectivity index (χ2v) is 8.76. The van der Waals surface area contributed by atoms with E-state index >= 15 is 0 Å². The third kappa shape index (κ3) is 6.45. The number of nitrogens with one attached hydrogen (secondary N) is 1. The fourth-order valence-electron chi connectivity index (χ4n) is 2.89. The molecule has 0 saturated carbocycles. The van der Waals surface area contributed by atoms with Crippen LogP contribution in [0.15, 0.2) is 53.7 Å². The fourth-order valence-corrected chi connectivity index (χ4v) is 3.77. The SMILES string of the molecule is CC(C)Cn1c(SCC(=O)Nc2ccc(Cl)cc2)nnc1C(C)Oc1ccccc1F. The van der Waals surface area contributed by atoms with Crippen molar-refractivity contribution < 1.29 is 13.9 Å². The zero-order valence-corrected chi connectivity index (χ0v) is 19.1. The molecule has 0 aliphatic carbocycles. The predicted molar refractivity (Wildman–Crippen MR) is 121 cm³/mol. The van der Waals surface area contributed by atoms with Crippen LogP contribution in [0.1, 0.15) is 32.7 Å². The summed E-state index contributed by atoms with van der Waals surface area (Å²) >= 11 is 7.16. The Morgan fingerprint density at radius 1 is 1.16 bits per heavy atom. The number of para-hydroxylation sites is 1. The maximum atomic E-state index is 14.0. The first-order valence-corrected chi connectivity index (χ1v) is 11.2. The molecule has 1 amide bonds. The molecule has 9 heteroatoms. The lowest BCUT2D eigenvalue weighted by molar-refractivity contribution is -0.113. The number of amides is 1. The van der Waals surface area contributed by atoms with Gasteiger partial charge in [-0.25, -0.2) is 4.39 Å². The number of hydrogen-bond acceptors (Lipinski definition) is 5. The third-order valence-electron chi connectivity index (χ3n) is 4.26. The Balaban J connectivity index is 1.70. The van der Waals surface area contributed by atoms with Crippen LogP contribution in [0.25, 0.3) is 0 Å². The molecule has 1 atom stereocenters. The standard InChI is InChI=1S/C22H24ClFN4O2S/c1-14(2)12-28-21(15(3)30-19-7-5-4-6-18(19)24)26-27-22(28)31-13-20(29)25-17-10-8-16(23)9-11-17/h4-11,14-15H,12-13H2,1-3H3,(H,25,29). The number of carbonyl (C=O) groups is 1. The summed E-state index contributed by atoms with van der Waals surface area (Å²) in [5.74, 6) is 0.628. The van der Waals surface area contributed by atoms with Gasteiger partial charge in [-0.05, 0) is 49.2 Å². The molecular weight excluding hydrogens is 439 g/mol. The van der Waals surface area contributed by atoms with Crippen LogP contribution >= 0.6 is 23.4 Å². The van der Waals surface area contributed by atoms with E-state index in [9.17, 15) is 9.18 Å². The van der Waals surface area contributed by atoms with E-state index in [1.54, 1.807) is 49.4 Å². The maximum absolute atomic E-state index is 14.0. The summed E-state index contributed by atoms with van der Waals surface area (Å²) in [4.78, 5) is 12.3. The molecule has 0 aliphatic heterocycles. The number of rotatable bonds is 9. The Kier molecular flexibility index (Phi) is 7.92. The van der Waals surface area contributed by atoms with Crippen LogP contribution in [-0.4, -0.2) is 26.4 Å². The van der Waals surface area contributed by atoms with Crippen molar-refractivity contribution in [3.63, 3.8) is 0 Å². The molecule has 0 saturated heterocycles. The van der Waals surface area contributed by atoms with Crippen molar-refractivity contribution in [3.8, 4) is 5.75 Å². The number of carbonyl (C=O) groups excluding carboxylic acids is 1. The molecule has 3 rings (SSSR count). The Morgan fingerprint density at radius 3 is 2.55 bits per heavy atom. The second kappa shape index (κ2) is 10.6. The molecule has 1 unspecified atom stereocenters. The summed E-state index contributed by atoms with van der Waals surface area (Å²) < 4.78 is 21.7. The highest BCUT2D eigenvalue weighted by Gasteiger charge is 2.22. The number of anilines is 1. The number of thioether (sulfide) groups is 1. The highest BCUT2D eigenvalue weighted by atomic mass is 35.5. The Hall–Kier alpha value is -2.58. The first-order valence-electron chi connectivity index (χ1n) is 9.86. The van der Waals surface area contributed by atoms with E-state index in [1.165, 1.54) is 17.8 Å². The maximum Gasteiger partial charge on any atom is 0.234 e. The number of nitrogens with zero attached hydrogens (tertiary/aromatic N) is 3. The van der Waals surface area contributed by atoms with E-state index in [0.717, 1.165) is 0 Å². The van der Waals surface area contributed by atoms with Crippen LogP contribution in [0.5, 0.6) is 5.75 Å². The summed E-state index contributed by atoms with van der Waals surface area (Å²) in [5.41, 5.74) is 0.672. The number of aromatic nitrogens is 3. The minimum atomic E-state index is -0.514. The summed E-state index contributed by atoms with van der Waals surface area (Å²) in [5, 5.41) is 12.6. The average molecular weight is 463 g/mol. The van der Waals surface area contributed by atoms with Crippen LogP contribution in [0.4, 0.5) is 10.1 Å². The lowest BCUT2D eigenvalue weighted by atomic mass is 10.2. The monoisotopic (exact) mass is 462 g/mol. The Labute approximate surface area is 190 Å². The van der Waals surface area contributed by atoms with Gasteiger partial charge in [0.1, 0.15) is 0 Å². The molecule has 0 radical (unpaired) electrons. The lowest BCUT2D eigenvalue weighted by Gasteiger charge is -2.18. The molecule has 31 heavy (non-hydrogen) atoms. The molecule has 6 nitrogen and oxygen atoms in total. The highest BCUT2D eigenvalue weighted by molar-refractivity contribution is 7.99. The summed E-state index contributed by atoms with van der Waals surface area (Å²) in [6.07, 6.45) is -0.514.